The maximum absolute atomic E-state index is 13.1. The molecule has 1 aliphatic heterocycles. The largest absolute Gasteiger partial charge is 0.493 e. The summed E-state index contributed by atoms with van der Waals surface area (Å²) in [5.41, 5.74) is 4.07. The van der Waals surface area contributed by atoms with Gasteiger partial charge < -0.3 is 14.4 Å². The quantitative estimate of drug-likeness (QED) is 0.542. The van der Waals surface area contributed by atoms with Crippen molar-refractivity contribution < 1.29 is 9.47 Å². The van der Waals surface area contributed by atoms with Gasteiger partial charge in [-0.05, 0) is 56.6 Å². The molecule has 1 saturated heterocycles. The van der Waals surface area contributed by atoms with Crippen LogP contribution in [0.1, 0.15) is 32.3 Å². The third kappa shape index (κ3) is 4.69. The van der Waals surface area contributed by atoms with Crippen LogP contribution in [0.2, 0.25) is 0 Å². The average Bonchev–Trinajstić information content (AvgIpc) is 2.83. The van der Waals surface area contributed by atoms with Crippen LogP contribution in [0.25, 0.3) is 16.9 Å². The first-order chi connectivity index (χ1) is 15.9. The molecule has 0 radical (unpaired) electrons. The molecule has 1 fully saturated rings. The highest BCUT2D eigenvalue weighted by molar-refractivity contribution is 5.67. The lowest BCUT2D eigenvalue weighted by atomic mass is 10.1. The van der Waals surface area contributed by atoms with Crippen LogP contribution in [0.5, 0.6) is 11.5 Å². The van der Waals surface area contributed by atoms with Crippen molar-refractivity contribution in [3.05, 3.63) is 52.4 Å². The van der Waals surface area contributed by atoms with Gasteiger partial charge in [-0.25, -0.2) is 4.98 Å². The number of nitrogens with zero attached hydrogens (tertiary/aromatic N) is 4. The number of piperazine rings is 1. The number of anilines is 1. The summed E-state index contributed by atoms with van der Waals surface area (Å²) in [5.74, 6) is 1.25. The molecule has 0 amide bonds. The lowest BCUT2D eigenvalue weighted by Gasteiger charge is -2.41. The van der Waals surface area contributed by atoms with Crippen molar-refractivity contribution in [1.82, 2.24) is 14.3 Å². The van der Waals surface area contributed by atoms with Crippen LogP contribution in [0, 0.1) is 6.92 Å². The van der Waals surface area contributed by atoms with Gasteiger partial charge in [0.25, 0.3) is 5.56 Å². The van der Waals surface area contributed by atoms with Gasteiger partial charge in [-0.2, -0.15) is 0 Å². The molecular weight excluding hydrogens is 416 g/mol. The van der Waals surface area contributed by atoms with E-state index in [4.69, 9.17) is 14.5 Å². The Kier molecular flexibility index (Phi) is 6.88. The molecule has 3 heterocycles. The number of unbranched alkanes of at least 4 members (excludes halogenated alkanes) is 1. The third-order valence-electron chi connectivity index (χ3n) is 6.54. The molecular formula is C26H34N4O3. The fourth-order valence-electron chi connectivity index (χ4n) is 4.59. The van der Waals surface area contributed by atoms with Crippen molar-refractivity contribution in [3.8, 4) is 22.8 Å². The highest BCUT2D eigenvalue weighted by Crippen LogP contribution is 2.32. The maximum Gasteiger partial charge on any atom is 0.258 e. The second-order valence-electron chi connectivity index (χ2n) is 8.81. The number of rotatable bonds is 7. The highest BCUT2D eigenvalue weighted by Gasteiger charge is 2.24. The molecule has 4 rings (SSSR count). The number of aryl methyl sites for hydroxylation is 1. The van der Waals surface area contributed by atoms with Crippen LogP contribution in [-0.2, 0) is 0 Å². The second kappa shape index (κ2) is 9.83. The second-order valence-corrected chi connectivity index (χ2v) is 8.81. The molecule has 7 nitrogen and oxygen atoms in total. The average molecular weight is 451 g/mol. The van der Waals surface area contributed by atoms with Gasteiger partial charge in [0.15, 0.2) is 11.5 Å². The minimum absolute atomic E-state index is 0.0932. The number of fused-ring (bicyclic) bond motifs is 1. The predicted octanol–water partition coefficient (Wildman–Crippen LogP) is 4.00. The normalized spacial score (nSPS) is 16.9. The van der Waals surface area contributed by atoms with Crippen LogP contribution in [0.3, 0.4) is 0 Å². The summed E-state index contributed by atoms with van der Waals surface area (Å²) < 4.78 is 12.4. The van der Waals surface area contributed by atoms with E-state index in [0.717, 1.165) is 43.0 Å². The molecule has 1 atom stereocenters. The molecule has 1 aromatic carbocycles. The van der Waals surface area contributed by atoms with Gasteiger partial charge in [-0.15, -0.1) is 0 Å². The molecule has 3 aromatic rings. The predicted molar refractivity (Wildman–Crippen MR) is 133 cm³/mol. The Bertz CT molecular complexity index is 1190. The van der Waals surface area contributed by atoms with Gasteiger partial charge in [-0.1, -0.05) is 13.3 Å². The molecule has 0 saturated carbocycles. The summed E-state index contributed by atoms with van der Waals surface area (Å²) >= 11 is 0. The minimum Gasteiger partial charge on any atom is -0.493 e. The van der Waals surface area contributed by atoms with Crippen LogP contribution < -0.4 is 19.9 Å². The van der Waals surface area contributed by atoms with Gasteiger partial charge >= 0.3 is 0 Å². The van der Waals surface area contributed by atoms with Crippen LogP contribution in [0.15, 0.2) is 41.3 Å². The summed E-state index contributed by atoms with van der Waals surface area (Å²) in [5, 5.41) is 0. The van der Waals surface area contributed by atoms with Crippen LogP contribution in [-0.4, -0.2) is 60.7 Å². The van der Waals surface area contributed by atoms with E-state index in [1.807, 2.05) is 31.3 Å². The molecule has 1 aliphatic rings. The smallest absolute Gasteiger partial charge is 0.258 e. The van der Waals surface area contributed by atoms with Crippen molar-refractivity contribution in [2.24, 2.45) is 0 Å². The molecule has 0 spiro atoms. The van der Waals surface area contributed by atoms with E-state index >= 15 is 0 Å². The highest BCUT2D eigenvalue weighted by atomic mass is 16.5. The molecule has 0 aliphatic carbocycles. The standard InChI is InChI=1S/C26H34N4O3/c1-6-7-10-28-11-12-29(16-19(28)3)21-13-18(2)26-27-22(15-25(31)30(26)17-21)20-8-9-23(32-4)24(14-20)33-5/h8-9,13-15,17,19H,6-7,10-12,16H2,1-5H3/t19-/m0/s1. The molecule has 0 N–H and O–H groups in total. The monoisotopic (exact) mass is 450 g/mol. The number of methoxy groups -OCH3 is 2. The number of hydrogen-bond acceptors (Lipinski definition) is 6. The Morgan fingerprint density at radius 1 is 1.09 bits per heavy atom. The van der Waals surface area contributed by atoms with Crippen LogP contribution in [0.4, 0.5) is 5.69 Å². The Morgan fingerprint density at radius 2 is 1.88 bits per heavy atom. The van der Waals surface area contributed by atoms with E-state index in [-0.39, 0.29) is 5.56 Å². The number of pyridine rings is 1. The van der Waals surface area contributed by atoms with E-state index in [1.165, 1.54) is 12.8 Å². The van der Waals surface area contributed by atoms with Crippen molar-refractivity contribution in [2.75, 3.05) is 45.3 Å². The molecule has 0 bridgehead atoms. The zero-order valence-corrected chi connectivity index (χ0v) is 20.3. The summed E-state index contributed by atoms with van der Waals surface area (Å²) in [7, 11) is 3.20. The lowest BCUT2D eigenvalue weighted by molar-refractivity contribution is 0.187. The van der Waals surface area contributed by atoms with Crippen molar-refractivity contribution in [1.29, 1.82) is 0 Å². The van der Waals surface area contributed by atoms with Gasteiger partial charge in [0.2, 0.25) is 0 Å². The summed E-state index contributed by atoms with van der Waals surface area (Å²) in [4.78, 5) is 22.9. The minimum atomic E-state index is -0.0932. The third-order valence-corrected chi connectivity index (χ3v) is 6.54. The lowest BCUT2D eigenvalue weighted by Crippen LogP contribution is -2.52. The summed E-state index contributed by atoms with van der Waals surface area (Å²) in [6.07, 6.45) is 4.39. The first kappa shape index (κ1) is 23.1. The zero-order valence-electron chi connectivity index (χ0n) is 20.3. The zero-order chi connectivity index (χ0) is 23.5. The SMILES string of the molecule is CCCCN1CCN(c2cc(C)c3nc(-c4ccc(OC)c(OC)c4)cc(=O)n3c2)C[C@@H]1C. The van der Waals surface area contributed by atoms with E-state index in [1.54, 1.807) is 24.7 Å². The number of ether oxygens (including phenoxy) is 2. The van der Waals surface area contributed by atoms with E-state index in [9.17, 15) is 4.79 Å². The van der Waals surface area contributed by atoms with Gasteiger partial charge in [0, 0.05) is 43.5 Å². The first-order valence-electron chi connectivity index (χ1n) is 11.7. The van der Waals surface area contributed by atoms with Gasteiger partial charge in [0.1, 0.15) is 5.65 Å². The van der Waals surface area contributed by atoms with Gasteiger partial charge in [0.05, 0.1) is 25.6 Å². The summed E-state index contributed by atoms with van der Waals surface area (Å²) in [6.45, 7) is 10.7. The van der Waals surface area contributed by atoms with Crippen LogP contribution >= 0.6 is 0 Å². The first-order valence-corrected chi connectivity index (χ1v) is 11.7. The Hall–Kier alpha value is -3.06. The fraction of sp³-hybridized carbons (Fsp3) is 0.462. The Morgan fingerprint density at radius 3 is 2.58 bits per heavy atom. The topological polar surface area (TPSA) is 59.3 Å². The molecule has 176 valence electrons. The van der Waals surface area contributed by atoms with E-state index < -0.39 is 0 Å². The molecule has 0 unspecified atom stereocenters. The molecule has 7 heteroatoms. The van der Waals surface area contributed by atoms with Crippen molar-refractivity contribution in [3.63, 3.8) is 0 Å². The van der Waals surface area contributed by atoms with Gasteiger partial charge in [-0.3, -0.25) is 14.1 Å². The fourth-order valence-corrected chi connectivity index (χ4v) is 4.59. The maximum atomic E-state index is 13.1. The Labute approximate surface area is 195 Å². The van der Waals surface area contributed by atoms with E-state index in [2.05, 4.69) is 29.7 Å². The summed E-state index contributed by atoms with van der Waals surface area (Å²) in [6, 6.07) is 9.79. The Balaban J connectivity index is 1.66. The van der Waals surface area contributed by atoms with Crippen molar-refractivity contribution >= 4 is 11.3 Å². The van der Waals surface area contributed by atoms with Crippen molar-refractivity contribution in [2.45, 2.75) is 39.7 Å². The number of hydrogen-bond donors (Lipinski definition) is 0. The van der Waals surface area contributed by atoms with E-state index in [0.29, 0.717) is 28.9 Å². The number of aromatic nitrogens is 2. The molecule has 2 aromatic heterocycles. The number of benzene rings is 1. The molecule has 33 heavy (non-hydrogen) atoms.